The third-order valence-electron chi connectivity index (χ3n) is 2.11. The van der Waals surface area contributed by atoms with Gasteiger partial charge in [-0.05, 0) is 24.3 Å². The number of anilines is 2. The lowest BCUT2D eigenvalue weighted by molar-refractivity contribution is 1.35. The molecule has 2 aromatic rings. The topological polar surface area (TPSA) is 3.24 Å². The minimum absolute atomic E-state index is 0.913. The maximum atomic E-state index is 4.46. The van der Waals surface area contributed by atoms with Crippen molar-refractivity contribution in [3.05, 3.63) is 54.6 Å². The molecule has 0 fully saturated rings. The molecule has 76 valence electrons. The summed E-state index contributed by atoms with van der Waals surface area (Å²) in [7, 11) is 0. The summed E-state index contributed by atoms with van der Waals surface area (Å²) in [6.45, 7) is 0. The fraction of sp³-hybridized carbons (Fsp3) is 0. The van der Waals surface area contributed by atoms with Gasteiger partial charge < -0.3 is 0 Å². The van der Waals surface area contributed by atoms with E-state index in [1.54, 1.807) is 0 Å². The van der Waals surface area contributed by atoms with Crippen LogP contribution in [0.5, 0.6) is 0 Å². The number of para-hydroxylation sites is 2. The molecule has 3 heteroatoms. The highest BCUT2D eigenvalue weighted by Crippen LogP contribution is 2.31. The average Bonchev–Trinajstić information content (AvgIpc) is 2.30. The van der Waals surface area contributed by atoms with Crippen molar-refractivity contribution in [3.8, 4) is 0 Å². The van der Waals surface area contributed by atoms with Crippen LogP contribution in [0, 0.1) is 0 Å². The molecule has 0 heterocycles. The second-order valence-corrected chi connectivity index (χ2v) is 4.02. The summed E-state index contributed by atoms with van der Waals surface area (Å²) in [6.07, 6.45) is 0. The molecule has 0 atom stereocenters. The highest BCUT2D eigenvalue weighted by Gasteiger charge is 2.06. The Labute approximate surface area is 101 Å². The molecule has 0 bridgehead atoms. The third-order valence-corrected chi connectivity index (χ3v) is 2.94. The summed E-state index contributed by atoms with van der Waals surface area (Å²) >= 11 is 8.86. The SMILES string of the molecule is Sc1ccccc1N(S)c1ccccc1. The molecule has 0 saturated heterocycles. The van der Waals surface area contributed by atoms with Crippen molar-refractivity contribution in [1.29, 1.82) is 0 Å². The number of thiol groups is 2. The molecule has 0 amide bonds. The van der Waals surface area contributed by atoms with Crippen LogP contribution in [-0.2, 0) is 0 Å². The van der Waals surface area contributed by atoms with Gasteiger partial charge in [-0.25, -0.2) is 0 Å². The fourth-order valence-corrected chi connectivity index (χ4v) is 2.00. The average molecular weight is 233 g/mol. The van der Waals surface area contributed by atoms with Gasteiger partial charge in [-0.2, -0.15) is 0 Å². The Morgan fingerprint density at radius 1 is 0.800 bits per heavy atom. The molecule has 0 aliphatic heterocycles. The first-order chi connectivity index (χ1) is 7.29. The van der Waals surface area contributed by atoms with E-state index in [2.05, 4.69) is 25.4 Å². The summed E-state index contributed by atoms with van der Waals surface area (Å²) in [6, 6.07) is 17.8. The van der Waals surface area contributed by atoms with Gasteiger partial charge in [0.05, 0.1) is 11.4 Å². The molecule has 2 rings (SSSR count). The second kappa shape index (κ2) is 4.64. The van der Waals surface area contributed by atoms with Crippen LogP contribution in [0.25, 0.3) is 0 Å². The van der Waals surface area contributed by atoms with Crippen LogP contribution in [0.15, 0.2) is 59.5 Å². The van der Waals surface area contributed by atoms with Crippen LogP contribution in [0.2, 0.25) is 0 Å². The Morgan fingerprint density at radius 2 is 1.40 bits per heavy atom. The van der Waals surface area contributed by atoms with Gasteiger partial charge in [0, 0.05) is 4.90 Å². The monoisotopic (exact) mass is 233 g/mol. The molecule has 0 aromatic heterocycles. The minimum Gasteiger partial charge on any atom is -0.286 e. The van der Waals surface area contributed by atoms with Gasteiger partial charge in [-0.15, -0.1) is 12.6 Å². The van der Waals surface area contributed by atoms with E-state index in [0.717, 1.165) is 16.3 Å². The Balaban J connectivity index is 2.37. The van der Waals surface area contributed by atoms with Crippen molar-refractivity contribution >= 4 is 36.8 Å². The molecular formula is C12H11NS2. The van der Waals surface area contributed by atoms with Crippen molar-refractivity contribution in [2.75, 3.05) is 4.31 Å². The second-order valence-electron chi connectivity index (χ2n) is 3.14. The summed E-state index contributed by atoms with van der Waals surface area (Å²) in [4.78, 5) is 0.913. The Bertz CT molecular complexity index is 442. The van der Waals surface area contributed by atoms with Crippen LogP contribution < -0.4 is 4.31 Å². The molecule has 15 heavy (non-hydrogen) atoms. The van der Waals surface area contributed by atoms with Crippen LogP contribution in [0.3, 0.4) is 0 Å². The zero-order valence-corrected chi connectivity index (χ0v) is 9.83. The molecule has 0 saturated carbocycles. The lowest BCUT2D eigenvalue weighted by Gasteiger charge is -2.19. The normalized spacial score (nSPS) is 10.0. The standard InChI is InChI=1S/C12H11NS2/c14-12-9-5-4-8-11(12)13(15)10-6-2-1-3-7-10/h1-9,14-15H. The lowest BCUT2D eigenvalue weighted by Crippen LogP contribution is -2.02. The smallest absolute Gasteiger partial charge is 0.0656 e. The van der Waals surface area contributed by atoms with Crippen molar-refractivity contribution in [2.45, 2.75) is 4.90 Å². The molecular weight excluding hydrogens is 222 g/mol. The maximum Gasteiger partial charge on any atom is 0.0656 e. The Kier molecular flexibility index (Phi) is 3.23. The maximum absolute atomic E-state index is 4.46. The van der Waals surface area contributed by atoms with E-state index in [-0.39, 0.29) is 0 Å². The van der Waals surface area contributed by atoms with Gasteiger partial charge in [0.25, 0.3) is 0 Å². The molecule has 2 aromatic carbocycles. The highest BCUT2D eigenvalue weighted by atomic mass is 32.1. The Morgan fingerprint density at radius 3 is 2.07 bits per heavy atom. The first-order valence-electron chi connectivity index (χ1n) is 4.61. The van der Waals surface area contributed by atoms with Crippen LogP contribution >= 0.6 is 25.4 Å². The zero-order chi connectivity index (χ0) is 10.7. The van der Waals surface area contributed by atoms with Gasteiger partial charge in [-0.3, -0.25) is 4.31 Å². The number of hydrogen-bond acceptors (Lipinski definition) is 3. The summed E-state index contributed by atoms with van der Waals surface area (Å²) in [5.74, 6) is 0. The number of rotatable bonds is 2. The largest absolute Gasteiger partial charge is 0.286 e. The highest BCUT2D eigenvalue weighted by molar-refractivity contribution is 7.82. The van der Waals surface area contributed by atoms with E-state index in [0.29, 0.717) is 0 Å². The first kappa shape index (κ1) is 10.5. The van der Waals surface area contributed by atoms with Crippen LogP contribution in [-0.4, -0.2) is 0 Å². The fourth-order valence-electron chi connectivity index (χ4n) is 1.35. The van der Waals surface area contributed by atoms with E-state index in [4.69, 9.17) is 0 Å². The van der Waals surface area contributed by atoms with Crippen molar-refractivity contribution in [3.63, 3.8) is 0 Å². The third kappa shape index (κ3) is 2.30. The molecule has 0 aliphatic rings. The molecule has 0 aliphatic carbocycles. The van der Waals surface area contributed by atoms with E-state index < -0.39 is 0 Å². The van der Waals surface area contributed by atoms with Crippen LogP contribution in [0.1, 0.15) is 0 Å². The van der Waals surface area contributed by atoms with Crippen molar-refractivity contribution < 1.29 is 0 Å². The quantitative estimate of drug-likeness (QED) is 0.743. The number of nitrogens with zero attached hydrogens (tertiary/aromatic N) is 1. The Hall–Kier alpha value is -1.06. The first-order valence-corrected chi connectivity index (χ1v) is 5.46. The van der Waals surface area contributed by atoms with Gasteiger partial charge in [0.2, 0.25) is 0 Å². The van der Waals surface area contributed by atoms with E-state index in [9.17, 15) is 0 Å². The molecule has 1 nitrogen and oxygen atoms in total. The predicted octanol–water partition coefficient (Wildman–Crippen LogP) is 3.96. The summed E-state index contributed by atoms with van der Waals surface area (Å²) < 4.78 is 1.82. The lowest BCUT2D eigenvalue weighted by atomic mass is 10.2. The number of hydrogen-bond donors (Lipinski definition) is 2. The molecule has 0 N–H and O–H groups in total. The minimum atomic E-state index is 0.913. The van der Waals surface area contributed by atoms with Gasteiger partial charge in [0.15, 0.2) is 0 Å². The van der Waals surface area contributed by atoms with E-state index in [1.807, 2.05) is 58.9 Å². The van der Waals surface area contributed by atoms with Gasteiger partial charge in [0.1, 0.15) is 0 Å². The van der Waals surface area contributed by atoms with Crippen molar-refractivity contribution in [1.82, 2.24) is 0 Å². The van der Waals surface area contributed by atoms with Gasteiger partial charge in [-0.1, -0.05) is 43.1 Å². The summed E-state index contributed by atoms with van der Waals surface area (Å²) in [5.41, 5.74) is 2.01. The molecule has 0 radical (unpaired) electrons. The summed E-state index contributed by atoms with van der Waals surface area (Å²) in [5, 5.41) is 0. The number of benzene rings is 2. The predicted molar refractivity (Wildman–Crippen MR) is 71.3 cm³/mol. The zero-order valence-electron chi connectivity index (χ0n) is 8.04. The van der Waals surface area contributed by atoms with E-state index in [1.165, 1.54) is 0 Å². The van der Waals surface area contributed by atoms with E-state index >= 15 is 0 Å². The van der Waals surface area contributed by atoms with Crippen LogP contribution in [0.4, 0.5) is 11.4 Å². The van der Waals surface area contributed by atoms with Crippen molar-refractivity contribution in [2.24, 2.45) is 0 Å². The van der Waals surface area contributed by atoms with Gasteiger partial charge >= 0.3 is 0 Å². The molecule has 0 spiro atoms. The molecule has 0 unspecified atom stereocenters.